The molecule has 2 aromatic rings. The number of carbonyl (C=O) groups is 1. The van der Waals surface area contributed by atoms with E-state index < -0.39 is 0 Å². The summed E-state index contributed by atoms with van der Waals surface area (Å²) in [5.41, 5.74) is 4.07. The minimum Gasteiger partial charge on any atom is -0.493 e. The van der Waals surface area contributed by atoms with Gasteiger partial charge in [0.15, 0.2) is 0 Å². The van der Waals surface area contributed by atoms with Crippen LogP contribution in [-0.2, 0) is 4.79 Å². The number of ether oxygens (including phenoxy) is 1. The molecule has 0 saturated heterocycles. The Morgan fingerprint density at radius 1 is 1.13 bits per heavy atom. The Bertz CT molecular complexity index is 705. The Morgan fingerprint density at radius 2 is 1.91 bits per heavy atom. The molecule has 0 bridgehead atoms. The van der Waals surface area contributed by atoms with E-state index in [4.69, 9.17) is 4.74 Å². The molecule has 0 heterocycles. The topological polar surface area (TPSA) is 38.3 Å². The van der Waals surface area contributed by atoms with Crippen LogP contribution in [0.3, 0.4) is 0 Å². The van der Waals surface area contributed by atoms with Crippen molar-refractivity contribution in [1.82, 2.24) is 0 Å². The molecular weight excluding hydrogens is 286 g/mol. The second-order valence-electron chi connectivity index (χ2n) is 5.51. The molecule has 0 unspecified atom stereocenters. The summed E-state index contributed by atoms with van der Waals surface area (Å²) in [4.78, 5) is 12.1. The van der Waals surface area contributed by atoms with Crippen molar-refractivity contribution in [3.8, 4) is 5.75 Å². The molecule has 0 radical (unpaired) electrons. The third kappa shape index (κ3) is 4.99. The van der Waals surface area contributed by atoms with Crippen LogP contribution in [0.25, 0.3) is 6.08 Å². The lowest BCUT2D eigenvalue weighted by Crippen LogP contribution is -2.08. The molecule has 0 aliphatic heterocycles. The van der Waals surface area contributed by atoms with Crippen molar-refractivity contribution in [1.29, 1.82) is 0 Å². The van der Waals surface area contributed by atoms with E-state index >= 15 is 0 Å². The second kappa shape index (κ2) is 8.18. The van der Waals surface area contributed by atoms with Crippen LogP contribution < -0.4 is 10.1 Å². The molecular formula is C20H23NO2. The highest BCUT2D eigenvalue weighted by atomic mass is 16.5. The summed E-state index contributed by atoms with van der Waals surface area (Å²) in [5.74, 6) is 0.642. The van der Waals surface area contributed by atoms with Gasteiger partial charge in [-0.3, -0.25) is 4.79 Å². The van der Waals surface area contributed by atoms with Crippen molar-refractivity contribution in [2.75, 3.05) is 11.9 Å². The van der Waals surface area contributed by atoms with Crippen LogP contribution in [0.1, 0.15) is 30.0 Å². The Balaban J connectivity index is 2.04. The predicted molar refractivity (Wildman–Crippen MR) is 95.8 cm³/mol. The highest BCUT2D eigenvalue weighted by molar-refractivity contribution is 6.02. The molecule has 0 saturated carbocycles. The summed E-state index contributed by atoms with van der Waals surface area (Å²) in [6.07, 6.45) is 4.26. The molecule has 1 N–H and O–H groups in total. The van der Waals surface area contributed by atoms with E-state index in [2.05, 4.69) is 12.2 Å². The van der Waals surface area contributed by atoms with Gasteiger partial charge >= 0.3 is 0 Å². The van der Waals surface area contributed by atoms with Crippen molar-refractivity contribution in [2.45, 2.75) is 27.2 Å². The fourth-order valence-corrected chi connectivity index (χ4v) is 2.13. The Morgan fingerprint density at radius 3 is 2.65 bits per heavy atom. The molecule has 1 amide bonds. The largest absolute Gasteiger partial charge is 0.493 e. The normalized spacial score (nSPS) is 10.7. The standard InChI is InChI=1S/C20H23NO2/c1-4-13-23-19-8-6-5-7-17(19)10-12-20(22)21-18-11-9-15(2)16(3)14-18/h5-12,14H,4,13H2,1-3H3,(H,21,22). The molecule has 23 heavy (non-hydrogen) atoms. The molecule has 0 atom stereocenters. The van der Waals surface area contributed by atoms with Crippen molar-refractivity contribution < 1.29 is 9.53 Å². The van der Waals surface area contributed by atoms with Gasteiger partial charge in [-0.25, -0.2) is 0 Å². The zero-order valence-electron chi connectivity index (χ0n) is 13.9. The van der Waals surface area contributed by atoms with Gasteiger partial charge in [0.1, 0.15) is 5.75 Å². The SMILES string of the molecule is CCCOc1ccccc1C=CC(=O)Nc1ccc(C)c(C)c1. The molecule has 0 aliphatic rings. The first-order chi connectivity index (χ1) is 11.1. The third-order valence-electron chi connectivity index (χ3n) is 3.57. The molecule has 3 nitrogen and oxygen atoms in total. The lowest BCUT2D eigenvalue weighted by molar-refractivity contribution is -0.111. The first-order valence-electron chi connectivity index (χ1n) is 7.88. The summed E-state index contributed by atoms with van der Waals surface area (Å²) in [7, 11) is 0. The predicted octanol–water partition coefficient (Wildman–Crippen LogP) is 4.74. The second-order valence-corrected chi connectivity index (χ2v) is 5.51. The van der Waals surface area contributed by atoms with Gasteiger partial charge in [0, 0.05) is 17.3 Å². The molecule has 0 fully saturated rings. The number of aryl methyl sites for hydroxylation is 2. The van der Waals surface area contributed by atoms with Gasteiger partial charge in [-0.15, -0.1) is 0 Å². The van der Waals surface area contributed by atoms with Gasteiger partial charge in [-0.05, 0) is 55.7 Å². The number of para-hydroxylation sites is 1. The quantitative estimate of drug-likeness (QED) is 0.782. The minimum absolute atomic E-state index is 0.154. The zero-order valence-corrected chi connectivity index (χ0v) is 13.9. The van der Waals surface area contributed by atoms with Crippen LogP contribution in [-0.4, -0.2) is 12.5 Å². The van der Waals surface area contributed by atoms with Gasteiger partial charge in [-0.1, -0.05) is 31.2 Å². The molecule has 3 heteroatoms. The van der Waals surface area contributed by atoms with Gasteiger partial charge in [0.2, 0.25) is 5.91 Å². The number of rotatable bonds is 6. The highest BCUT2D eigenvalue weighted by Gasteiger charge is 2.02. The van der Waals surface area contributed by atoms with E-state index in [9.17, 15) is 4.79 Å². The number of nitrogens with one attached hydrogen (secondary N) is 1. The number of carbonyl (C=O) groups excluding carboxylic acids is 1. The van der Waals surface area contributed by atoms with Gasteiger partial charge in [0.25, 0.3) is 0 Å². The van der Waals surface area contributed by atoms with E-state index in [-0.39, 0.29) is 5.91 Å². The average Bonchev–Trinajstić information content (AvgIpc) is 2.55. The lowest BCUT2D eigenvalue weighted by Gasteiger charge is -2.08. The number of hydrogen-bond donors (Lipinski definition) is 1. The molecule has 0 spiro atoms. The van der Waals surface area contributed by atoms with Crippen LogP contribution in [0.2, 0.25) is 0 Å². The first kappa shape index (κ1) is 16.8. The Hall–Kier alpha value is -2.55. The molecule has 2 aromatic carbocycles. The summed E-state index contributed by atoms with van der Waals surface area (Å²) in [6.45, 7) is 6.81. The van der Waals surface area contributed by atoms with E-state index in [1.807, 2.05) is 56.3 Å². The van der Waals surface area contributed by atoms with E-state index in [0.717, 1.165) is 29.0 Å². The number of amides is 1. The van der Waals surface area contributed by atoms with Gasteiger partial charge < -0.3 is 10.1 Å². The van der Waals surface area contributed by atoms with Gasteiger partial charge in [-0.2, -0.15) is 0 Å². The molecule has 0 aromatic heterocycles. The maximum Gasteiger partial charge on any atom is 0.248 e. The third-order valence-corrected chi connectivity index (χ3v) is 3.57. The van der Waals surface area contributed by atoms with E-state index in [1.54, 1.807) is 6.08 Å². The monoisotopic (exact) mass is 309 g/mol. The van der Waals surface area contributed by atoms with E-state index in [1.165, 1.54) is 11.6 Å². The van der Waals surface area contributed by atoms with Crippen LogP contribution in [0.15, 0.2) is 48.5 Å². The highest BCUT2D eigenvalue weighted by Crippen LogP contribution is 2.20. The molecule has 0 aliphatic carbocycles. The average molecular weight is 309 g/mol. The summed E-state index contributed by atoms with van der Waals surface area (Å²) in [5, 5.41) is 2.88. The van der Waals surface area contributed by atoms with Crippen LogP contribution in [0.4, 0.5) is 5.69 Å². The molecule has 120 valence electrons. The van der Waals surface area contributed by atoms with Crippen molar-refractivity contribution in [2.24, 2.45) is 0 Å². The number of benzene rings is 2. The maximum absolute atomic E-state index is 12.1. The summed E-state index contributed by atoms with van der Waals surface area (Å²) in [6, 6.07) is 13.6. The summed E-state index contributed by atoms with van der Waals surface area (Å²) < 4.78 is 5.68. The Kier molecular flexibility index (Phi) is 5.98. The van der Waals surface area contributed by atoms with Crippen LogP contribution in [0.5, 0.6) is 5.75 Å². The number of anilines is 1. The van der Waals surface area contributed by atoms with Crippen molar-refractivity contribution in [3.63, 3.8) is 0 Å². The number of hydrogen-bond acceptors (Lipinski definition) is 2. The summed E-state index contributed by atoms with van der Waals surface area (Å²) >= 11 is 0. The first-order valence-corrected chi connectivity index (χ1v) is 7.88. The van der Waals surface area contributed by atoms with Gasteiger partial charge in [0.05, 0.1) is 6.61 Å². The van der Waals surface area contributed by atoms with Crippen LogP contribution >= 0.6 is 0 Å². The smallest absolute Gasteiger partial charge is 0.248 e. The van der Waals surface area contributed by atoms with Crippen molar-refractivity contribution >= 4 is 17.7 Å². The van der Waals surface area contributed by atoms with E-state index in [0.29, 0.717) is 6.61 Å². The maximum atomic E-state index is 12.1. The molecule has 2 rings (SSSR count). The van der Waals surface area contributed by atoms with Crippen molar-refractivity contribution in [3.05, 3.63) is 65.2 Å². The minimum atomic E-state index is -0.154. The lowest BCUT2D eigenvalue weighted by atomic mass is 10.1. The van der Waals surface area contributed by atoms with Crippen LogP contribution in [0, 0.1) is 13.8 Å². The Labute approximate surface area is 138 Å². The fraction of sp³-hybridized carbons (Fsp3) is 0.250. The zero-order chi connectivity index (χ0) is 16.7. The fourth-order valence-electron chi connectivity index (χ4n) is 2.13.